The highest BCUT2D eigenvalue weighted by atomic mass is 16.5. The Morgan fingerprint density at radius 1 is 1.53 bits per heavy atom. The van der Waals surface area contributed by atoms with Crippen LogP contribution in [0.5, 0.6) is 0 Å². The van der Waals surface area contributed by atoms with Gasteiger partial charge in [-0.1, -0.05) is 19.1 Å². The SMILES string of the molecule is CCOCCn1nnc(C(=O)O)c1CC(C)C. The van der Waals surface area contributed by atoms with Crippen LogP contribution in [0.25, 0.3) is 0 Å². The van der Waals surface area contributed by atoms with Crippen molar-refractivity contribution in [3.05, 3.63) is 11.4 Å². The van der Waals surface area contributed by atoms with Crippen molar-refractivity contribution < 1.29 is 14.6 Å². The first-order valence-electron chi connectivity index (χ1n) is 5.79. The molecule has 0 aromatic carbocycles. The van der Waals surface area contributed by atoms with Gasteiger partial charge < -0.3 is 9.84 Å². The number of rotatable bonds is 7. The Hall–Kier alpha value is -1.43. The topological polar surface area (TPSA) is 77.2 Å². The number of hydrogen-bond acceptors (Lipinski definition) is 4. The molecule has 0 radical (unpaired) electrons. The smallest absolute Gasteiger partial charge is 0.358 e. The first-order chi connectivity index (χ1) is 8.06. The third-order valence-electron chi connectivity index (χ3n) is 2.29. The molecule has 1 aromatic rings. The third-order valence-corrected chi connectivity index (χ3v) is 2.29. The van der Waals surface area contributed by atoms with Gasteiger partial charge >= 0.3 is 5.97 Å². The summed E-state index contributed by atoms with van der Waals surface area (Å²) < 4.78 is 6.86. The van der Waals surface area contributed by atoms with Crippen molar-refractivity contribution in [3.8, 4) is 0 Å². The van der Waals surface area contributed by atoms with Gasteiger partial charge in [0.05, 0.1) is 18.8 Å². The van der Waals surface area contributed by atoms with Gasteiger partial charge in [-0.2, -0.15) is 0 Å². The first-order valence-corrected chi connectivity index (χ1v) is 5.79. The Bertz CT molecular complexity index is 374. The molecular formula is C11H19N3O3. The van der Waals surface area contributed by atoms with Crippen LogP contribution in [0.4, 0.5) is 0 Å². The van der Waals surface area contributed by atoms with E-state index in [2.05, 4.69) is 10.3 Å². The van der Waals surface area contributed by atoms with Crippen molar-refractivity contribution in [2.75, 3.05) is 13.2 Å². The van der Waals surface area contributed by atoms with Crippen molar-refractivity contribution in [2.45, 2.75) is 33.7 Å². The number of carboxylic acids is 1. The van der Waals surface area contributed by atoms with Crippen molar-refractivity contribution in [2.24, 2.45) is 5.92 Å². The lowest BCUT2D eigenvalue weighted by Gasteiger charge is -2.09. The quantitative estimate of drug-likeness (QED) is 0.726. The fraction of sp³-hybridized carbons (Fsp3) is 0.727. The molecule has 1 rings (SSSR count). The normalized spacial score (nSPS) is 11.1. The summed E-state index contributed by atoms with van der Waals surface area (Å²) in [4.78, 5) is 11.0. The van der Waals surface area contributed by atoms with Crippen LogP contribution in [-0.4, -0.2) is 39.3 Å². The Kier molecular flexibility index (Phi) is 5.09. The lowest BCUT2D eigenvalue weighted by molar-refractivity contribution is 0.0688. The molecule has 0 spiro atoms. The standard InChI is InChI=1S/C11H19N3O3/c1-4-17-6-5-14-9(7-8(2)3)10(11(15)16)12-13-14/h8H,4-7H2,1-3H3,(H,15,16). The summed E-state index contributed by atoms with van der Waals surface area (Å²) in [6.45, 7) is 7.68. The second kappa shape index (κ2) is 6.34. The average molecular weight is 241 g/mol. The predicted octanol–water partition coefficient (Wildman–Crippen LogP) is 1.21. The third kappa shape index (κ3) is 3.81. The fourth-order valence-corrected chi connectivity index (χ4v) is 1.56. The Balaban J connectivity index is 2.84. The molecule has 0 unspecified atom stereocenters. The average Bonchev–Trinajstić information content (AvgIpc) is 2.61. The zero-order valence-electron chi connectivity index (χ0n) is 10.5. The number of ether oxygens (including phenoxy) is 1. The van der Waals surface area contributed by atoms with Crippen LogP contribution >= 0.6 is 0 Å². The van der Waals surface area contributed by atoms with E-state index in [9.17, 15) is 4.79 Å². The molecule has 0 aliphatic carbocycles. The van der Waals surface area contributed by atoms with Gasteiger partial charge in [-0.25, -0.2) is 9.48 Å². The molecule has 17 heavy (non-hydrogen) atoms. The number of carboxylic acid groups (broad SMARTS) is 1. The maximum Gasteiger partial charge on any atom is 0.358 e. The van der Waals surface area contributed by atoms with Gasteiger partial charge in [0.2, 0.25) is 0 Å². The van der Waals surface area contributed by atoms with Gasteiger partial charge in [-0.3, -0.25) is 0 Å². The monoisotopic (exact) mass is 241 g/mol. The van der Waals surface area contributed by atoms with Gasteiger partial charge in [0, 0.05) is 6.61 Å². The molecule has 0 fully saturated rings. The minimum Gasteiger partial charge on any atom is -0.476 e. The summed E-state index contributed by atoms with van der Waals surface area (Å²) in [6, 6.07) is 0. The van der Waals surface area contributed by atoms with Crippen molar-refractivity contribution >= 4 is 5.97 Å². The molecule has 1 aromatic heterocycles. The zero-order chi connectivity index (χ0) is 12.8. The van der Waals surface area contributed by atoms with Crippen molar-refractivity contribution in [1.29, 1.82) is 0 Å². The number of nitrogens with zero attached hydrogens (tertiary/aromatic N) is 3. The summed E-state index contributed by atoms with van der Waals surface area (Å²) in [5.74, 6) is -0.666. The number of carbonyl (C=O) groups is 1. The number of hydrogen-bond donors (Lipinski definition) is 1. The molecule has 0 bridgehead atoms. The van der Waals surface area contributed by atoms with Crippen LogP contribution in [0, 0.1) is 5.92 Å². The minimum atomic E-state index is -1.02. The molecule has 0 amide bonds. The van der Waals surface area contributed by atoms with Crippen LogP contribution in [-0.2, 0) is 17.7 Å². The highest BCUT2D eigenvalue weighted by Crippen LogP contribution is 2.11. The van der Waals surface area contributed by atoms with E-state index in [0.29, 0.717) is 37.8 Å². The van der Waals surface area contributed by atoms with E-state index in [1.807, 2.05) is 20.8 Å². The summed E-state index contributed by atoms with van der Waals surface area (Å²) in [7, 11) is 0. The molecule has 0 aliphatic heterocycles. The highest BCUT2D eigenvalue weighted by molar-refractivity contribution is 5.86. The van der Waals surface area contributed by atoms with Gasteiger partial charge in [-0.15, -0.1) is 5.10 Å². The molecule has 0 saturated carbocycles. The van der Waals surface area contributed by atoms with E-state index < -0.39 is 5.97 Å². The van der Waals surface area contributed by atoms with Crippen LogP contribution in [0.15, 0.2) is 0 Å². The van der Waals surface area contributed by atoms with Crippen LogP contribution in [0.1, 0.15) is 37.0 Å². The highest BCUT2D eigenvalue weighted by Gasteiger charge is 2.19. The number of aromatic nitrogens is 3. The molecule has 0 aliphatic rings. The van der Waals surface area contributed by atoms with Gasteiger partial charge in [0.1, 0.15) is 0 Å². The second-order valence-corrected chi connectivity index (χ2v) is 4.21. The molecule has 0 saturated heterocycles. The molecular weight excluding hydrogens is 222 g/mol. The first kappa shape index (κ1) is 13.6. The van der Waals surface area contributed by atoms with Crippen molar-refractivity contribution in [3.63, 3.8) is 0 Å². The van der Waals surface area contributed by atoms with E-state index >= 15 is 0 Å². The van der Waals surface area contributed by atoms with E-state index in [1.54, 1.807) is 4.68 Å². The molecule has 6 heteroatoms. The Labute approximate surface area is 101 Å². The van der Waals surface area contributed by atoms with E-state index in [1.165, 1.54) is 0 Å². The molecule has 0 atom stereocenters. The maximum atomic E-state index is 11.0. The lowest BCUT2D eigenvalue weighted by Crippen LogP contribution is -2.14. The van der Waals surface area contributed by atoms with Crippen LogP contribution < -0.4 is 0 Å². The number of aromatic carboxylic acids is 1. The molecule has 1 N–H and O–H groups in total. The van der Waals surface area contributed by atoms with Crippen molar-refractivity contribution in [1.82, 2.24) is 15.0 Å². The fourth-order valence-electron chi connectivity index (χ4n) is 1.56. The summed E-state index contributed by atoms with van der Waals surface area (Å²) in [5.41, 5.74) is 0.724. The van der Waals surface area contributed by atoms with Gasteiger partial charge in [-0.05, 0) is 19.3 Å². The van der Waals surface area contributed by atoms with E-state index in [4.69, 9.17) is 9.84 Å². The summed E-state index contributed by atoms with van der Waals surface area (Å²) >= 11 is 0. The Morgan fingerprint density at radius 2 is 2.24 bits per heavy atom. The lowest BCUT2D eigenvalue weighted by atomic mass is 10.1. The van der Waals surface area contributed by atoms with Gasteiger partial charge in [0.15, 0.2) is 5.69 Å². The minimum absolute atomic E-state index is 0.0511. The second-order valence-electron chi connectivity index (χ2n) is 4.21. The largest absolute Gasteiger partial charge is 0.476 e. The van der Waals surface area contributed by atoms with Crippen LogP contribution in [0.3, 0.4) is 0 Å². The summed E-state index contributed by atoms with van der Waals surface area (Å²) in [5, 5.41) is 16.6. The Morgan fingerprint density at radius 3 is 2.76 bits per heavy atom. The van der Waals surface area contributed by atoms with E-state index in [-0.39, 0.29) is 5.69 Å². The zero-order valence-corrected chi connectivity index (χ0v) is 10.5. The summed E-state index contributed by atoms with van der Waals surface area (Å²) in [6.07, 6.45) is 0.654. The van der Waals surface area contributed by atoms with Gasteiger partial charge in [0.25, 0.3) is 0 Å². The predicted molar refractivity (Wildman–Crippen MR) is 62.0 cm³/mol. The molecule has 96 valence electrons. The molecule has 6 nitrogen and oxygen atoms in total. The van der Waals surface area contributed by atoms with E-state index in [0.717, 1.165) is 0 Å². The molecule has 1 heterocycles. The van der Waals surface area contributed by atoms with Crippen LogP contribution in [0.2, 0.25) is 0 Å². The maximum absolute atomic E-state index is 11.0.